The van der Waals surface area contributed by atoms with Gasteiger partial charge in [-0.05, 0) is 18.9 Å². The van der Waals surface area contributed by atoms with E-state index >= 15 is 0 Å². The van der Waals surface area contributed by atoms with Gasteiger partial charge in [0.2, 0.25) is 10.0 Å². The molecule has 1 aliphatic carbocycles. The number of sulfonamides is 1. The van der Waals surface area contributed by atoms with Crippen molar-refractivity contribution in [2.45, 2.75) is 30.2 Å². The molecule has 21 heavy (non-hydrogen) atoms. The third-order valence-corrected chi connectivity index (χ3v) is 5.55. The number of halogens is 2. The molecule has 1 fully saturated rings. The summed E-state index contributed by atoms with van der Waals surface area (Å²) < 4.78 is 53.6. The number of rotatable bonds is 3. The van der Waals surface area contributed by atoms with E-state index in [1.807, 2.05) is 0 Å². The quantitative estimate of drug-likeness (QED) is 0.859. The average molecular weight is 314 g/mol. The molecule has 1 aliphatic rings. The second-order valence-corrected chi connectivity index (χ2v) is 6.81. The van der Waals surface area contributed by atoms with Gasteiger partial charge in [-0.2, -0.15) is 4.31 Å². The summed E-state index contributed by atoms with van der Waals surface area (Å²) in [7, 11) is -2.65. The van der Waals surface area contributed by atoms with Crippen LogP contribution in [0.4, 0.5) is 8.78 Å². The van der Waals surface area contributed by atoms with E-state index in [-0.39, 0.29) is 18.2 Å². The highest BCUT2D eigenvalue weighted by molar-refractivity contribution is 7.89. The van der Waals surface area contributed by atoms with Crippen LogP contribution in [0.25, 0.3) is 0 Å². The predicted molar refractivity (Wildman–Crippen MR) is 74.9 cm³/mol. The van der Waals surface area contributed by atoms with E-state index in [0.29, 0.717) is 6.07 Å². The van der Waals surface area contributed by atoms with Crippen LogP contribution in [0.5, 0.6) is 0 Å². The van der Waals surface area contributed by atoms with Crippen molar-refractivity contribution in [3.8, 4) is 11.8 Å². The Labute approximate surface area is 123 Å². The van der Waals surface area contributed by atoms with Crippen molar-refractivity contribution in [3.63, 3.8) is 0 Å². The fourth-order valence-electron chi connectivity index (χ4n) is 2.15. The summed E-state index contributed by atoms with van der Waals surface area (Å²) in [5, 5.41) is 0. The van der Waals surface area contributed by atoms with Crippen molar-refractivity contribution in [1.82, 2.24) is 4.31 Å². The topological polar surface area (TPSA) is 63.4 Å². The molecule has 1 aromatic carbocycles. The second-order valence-electron chi connectivity index (χ2n) is 4.88. The van der Waals surface area contributed by atoms with Crippen LogP contribution >= 0.6 is 0 Å². The van der Waals surface area contributed by atoms with E-state index in [1.165, 1.54) is 7.05 Å². The van der Waals surface area contributed by atoms with E-state index in [0.717, 1.165) is 29.6 Å². The maximum Gasteiger partial charge on any atom is 0.247 e. The molecule has 114 valence electrons. The smallest absolute Gasteiger partial charge is 0.247 e. The van der Waals surface area contributed by atoms with Crippen LogP contribution in [-0.4, -0.2) is 32.4 Å². The first-order chi connectivity index (χ1) is 9.87. The molecule has 0 aliphatic heterocycles. The zero-order valence-electron chi connectivity index (χ0n) is 11.6. The molecule has 4 nitrogen and oxygen atoms in total. The lowest BCUT2D eigenvalue weighted by molar-refractivity contribution is 0.249. The Kier molecular flexibility index (Phi) is 4.61. The molecule has 1 aromatic rings. The molecular weight excluding hydrogens is 298 g/mol. The van der Waals surface area contributed by atoms with E-state index in [1.54, 1.807) is 0 Å². The van der Waals surface area contributed by atoms with Gasteiger partial charge in [-0.3, -0.25) is 0 Å². The van der Waals surface area contributed by atoms with E-state index in [2.05, 4.69) is 11.8 Å². The van der Waals surface area contributed by atoms with E-state index in [4.69, 9.17) is 5.73 Å². The summed E-state index contributed by atoms with van der Waals surface area (Å²) in [5.74, 6) is 2.85. The molecular formula is C14H16F2N2O2S. The molecule has 7 heteroatoms. The first-order valence-electron chi connectivity index (χ1n) is 6.54. The summed E-state index contributed by atoms with van der Waals surface area (Å²) in [4.78, 5) is -0.584. The van der Waals surface area contributed by atoms with Crippen molar-refractivity contribution >= 4 is 10.0 Å². The predicted octanol–water partition coefficient (Wildman–Crippen LogP) is 1.45. The number of hydrogen-bond donors (Lipinski definition) is 1. The second kappa shape index (κ2) is 6.10. The van der Waals surface area contributed by atoms with Crippen LogP contribution in [0.1, 0.15) is 24.8 Å². The Balaban J connectivity index is 2.55. The molecule has 0 radical (unpaired) electrons. The van der Waals surface area contributed by atoms with Crippen LogP contribution in [0.3, 0.4) is 0 Å². The Morgan fingerprint density at radius 3 is 2.57 bits per heavy atom. The summed E-state index contributed by atoms with van der Waals surface area (Å²) in [6, 6.07) is 1.32. The highest BCUT2D eigenvalue weighted by Gasteiger charge is 2.35. The van der Waals surface area contributed by atoms with Gasteiger partial charge in [0.05, 0.1) is 12.1 Å². The van der Waals surface area contributed by atoms with Crippen molar-refractivity contribution in [2.75, 3.05) is 13.6 Å². The molecule has 0 amide bonds. The van der Waals surface area contributed by atoms with Gasteiger partial charge in [-0.15, -0.1) is 0 Å². The van der Waals surface area contributed by atoms with Gasteiger partial charge in [-0.1, -0.05) is 18.3 Å². The van der Waals surface area contributed by atoms with Gasteiger partial charge in [0, 0.05) is 19.2 Å². The van der Waals surface area contributed by atoms with Crippen molar-refractivity contribution in [2.24, 2.45) is 5.73 Å². The van der Waals surface area contributed by atoms with Crippen LogP contribution in [0, 0.1) is 23.5 Å². The average Bonchev–Trinajstić information content (AvgIpc) is 2.32. The van der Waals surface area contributed by atoms with Crippen LogP contribution in [0.2, 0.25) is 0 Å². The Morgan fingerprint density at radius 2 is 2.05 bits per heavy atom. The summed E-state index contributed by atoms with van der Waals surface area (Å²) in [6.45, 7) is -0.0317. The number of nitrogens with zero attached hydrogens (tertiary/aromatic N) is 1. The van der Waals surface area contributed by atoms with Crippen molar-refractivity contribution in [3.05, 3.63) is 29.3 Å². The first kappa shape index (κ1) is 15.9. The van der Waals surface area contributed by atoms with Crippen LogP contribution < -0.4 is 5.73 Å². The molecule has 0 unspecified atom stereocenters. The number of nitrogens with two attached hydrogens (primary N) is 1. The molecule has 0 spiro atoms. The van der Waals surface area contributed by atoms with Gasteiger partial charge in [-0.25, -0.2) is 17.2 Å². The zero-order chi connectivity index (χ0) is 15.6. The minimum atomic E-state index is -4.06. The van der Waals surface area contributed by atoms with Gasteiger partial charge >= 0.3 is 0 Å². The first-order valence-corrected chi connectivity index (χ1v) is 7.98. The fraction of sp³-hybridized carbons (Fsp3) is 0.429. The summed E-state index contributed by atoms with van der Waals surface area (Å²) >= 11 is 0. The van der Waals surface area contributed by atoms with Gasteiger partial charge < -0.3 is 5.73 Å². The van der Waals surface area contributed by atoms with E-state index < -0.39 is 26.6 Å². The lowest BCUT2D eigenvalue weighted by Gasteiger charge is -2.34. The summed E-state index contributed by atoms with van der Waals surface area (Å²) in [5.41, 5.74) is 5.02. The molecule has 2 rings (SSSR count). The largest absolute Gasteiger partial charge is 0.320 e. The Morgan fingerprint density at radius 1 is 1.38 bits per heavy atom. The minimum Gasteiger partial charge on any atom is -0.320 e. The Hall–Kier alpha value is -1.49. The van der Waals surface area contributed by atoms with Crippen LogP contribution in [-0.2, 0) is 10.0 Å². The number of hydrogen-bond acceptors (Lipinski definition) is 3. The lowest BCUT2D eigenvalue weighted by atomic mass is 9.94. The molecule has 0 saturated heterocycles. The maximum absolute atomic E-state index is 14.0. The van der Waals surface area contributed by atoms with Gasteiger partial charge in [0.25, 0.3) is 0 Å². The normalized spacial score (nSPS) is 15.5. The SMILES string of the molecule is CN(C1CCC1)S(=O)(=O)c1c(F)cc(F)cc1C#CCN. The standard InChI is InChI=1S/C14H16F2N2O2S/c1-18(12-5-2-6-12)21(19,20)14-10(4-3-7-17)8-11(15)9-13(14)16/h8-9,12H,2,5-7,17H2,1H3. The van der Waals surface area contributed by atoms with Crippen molar-refractivity contribution < 1.29 is 17.2 Å². The molecule has 0 aromatic heterocycles. The van der Waals surface area contributed by atoms with Crippen LogP contribution in [0.15, 0.2) is 17.0 Å². The Bertz CT molecular complexity index is 704. The molecule has 2 N–H and O–H groups in total. The number of benzene rings is 1. The molecule has 1 saturated carbocycles. The third kappa shape index (κ3) is 3.07. The maximum atomic E-state index is 14.0. The van der Waals surface area contributed by atoms with Gasteiger partial charge in [0.15, 0.2) is 0 Å². The third-order valence-electron chi connectivity index (χ3n) is 3.56. The molecule has 0 bridgehead atoms. The highest BCUT2D eigenvalue weighted by atomic mass is 32.2. The fourth-order valence-corrected chi connectivity index (χ4v) is 3.74. The zero-order valence-corrected chi connectivity index (χ0v) is 12.4. The molecule has 0 heterocycles. The van der Waals surface area contributed by atoms with E-state index in [9.17, 15) is 17.2 Å². The lowest BCUT2D eigenvalue weighted by Crippen LogP contribution is -2.41. The monoisotopic (exact) mass is 314 g/mol. The van der Waals surface area contributed by atoms with Crippen molar-refractivity contribution in [1.29, 1.82) is 0 Å². The highest BCUT2D eigenvalue weighted by Crippen LogP contribution is 2.31. The molecule has 0 atom stereocenters. The van der Waals surface area contributed by atoms with Gasteiger partial charge in [0.1, 0.15) is 16.5 Å². The minimum absolute atomic E-state index is 0.0317. The summed E-state index contributed by atoms with van der Waals surface area (Å²) in [6.07, 6.45) is 2.42.